The first-order valence-corrected chi connectivity index (χ1v) is 40.5. The van der Waals surface area contributed by atoms with E-state index in [4.69, 9.17) is 71.4 Å². The Labute approximate surface area is 714 Å². The van der Waals surface area contributed by atoms with Gasteiger partial charge in [0.05, 0.1) is 33.0 Å². The Morgan fingerprint density at radius 2 is 1.06 bits per heavy atom. The molecule has 0 aromatic carbocycles. The molecule has 0 bridgehead atoms. The summed E-state index contributed by atoms with van der Waals surface area (Å²) in [4.78, 5) is 141. The summed E-state index contributed by atoms with van der Waals surface area (Å²) in [5, 5.41) is 32.0. The van der Waals surface area contributed by atoms with Crippen LogP contribution in [0.25, 0.3) is 0 Å². The maximum Gasteiger partial charge on any atom is 1.00 e. The third-order valence-electron chi connectivity index (χ3n) is 17.8. The SMILES string of the molecule is CC(=O)CC(C)(C)N.CC1(C)CC(=O)CC(CCC(=O)O)N1.CC1(C)CC(=O)CC2CCC(=O)N21.CC1(C)CC(N)CC2CCC(=O)N21.CC1(C)CC(Nc2nc(Cl)ncc2F)CC2CCC(=O)N21.CO.CO.COC(=O)CCC1CC(=O)CC(C)(C)N1.COC(=O)CCC=O.C[B-]N.Fc1cnc(Cl)nc1Cl.O=S(Cl)Cl.[Na+]. The molecule has 7 atom stereocenters. The maximum absolute atomic E-state index is 13.7. The van der Waals surface area contributed by atoms with Crippen LogP contribution in [0.2, 0.25) is 22.5 Å². The number of carboxylic acids is 1. The number of piperidine rings is 5. The van der Waals surface area contributed by atoms with Gasteiger partial charge in [0.2, 0.25) is 37.5 Å². The van der Waals surface area contributed by atoms with Crippen molar-refractivity contribution in [2.45, 2.75) is 320 Å². The number of aromatic nitrogens is 4. The van der Waals surface area contributed by atoms with Crippen molar-refractivity contribution in [2.24, 2.45) is 17.1 Å². The topological polar surface area (TPSA) is 459 Å². The number of esters is 2. The van der Waals surface area contributed by atoms with Gasteiger partial charge in [0.25, 0.3) is 0 Å². The van der Waals surface area contributed by atoms with E-state index in [2.05, 4.69) is 99.3 Å². The number of aliphatic hydroxyl groups excluding tert-OH is 2. The van der Waals surface area contributed by atoms with Crippen molar-refractivity contribution in [3.8, 4) is 0 Å². The van der Waals surface area contributed by atoms with Gasteiger partial charge in [-0.1, -0.05) is 11.6 Å². The van der Waals surface area contributed by atoms with Crippen LogP contribution >= 0.6 is 56.2 Å². The molecule has 40 heteroatoms. The predicted molar refractivity (Wildman–Crippen MR) is 430 cm³/mol. The quantitative estimate of drug-likeness (QED) is 0.0267. The molecule has 8 aliphatic heterocycles. The number of hydrogen-bond donors (Lipinski definition) is 9. The fourth-order valence-electron chi connectivity index (χ4n) is 14.6. The molecule has 12 N–H and O–H groups in total. The third kappa shape index (κ3) is 46.4. The van der Waals surface area contributed by atoms with Crippen LogP contribution < -0.4 is 62.6 Å². The van der Waals surface area contributed by atoms with Crippen LogP contribution in [-0.2, 0) is 71.4 Å². The molecule has 0 saturated carbocycles. The predicted octanol–water partition coefficient (Wildman–Crippen LogP) is 6.24. The minimum absolute atomic E-state index is 0. The van der Waals surface area contributed by atoms with Crippen molar-refractivity contribution in [1.82, 2.24) is 45.3 Å². The largest absolute Gasteiger partial charge is 1.00 e. The van der Waals surface area contributed by atoms with Gasteiger partial charge in [0.15, 0.2) is 22.6 Å². The molecule has 10 rings (SSSR count). The van der Waals surface area contributed by atoms with Crippen molar-refractivity contribution in [2.75, 3.05) is 33.8 Å². The zero-order valence-corrected chi connectivity index (χ0v) is 75.7. The molecule has 8 aliphatic rings. The second-order valence-electron chi connectivity index (χ2n) is 31.3. The van der Waals surface area contributed by atoms with Crippen molar-refractivity contribution in [3.05, 3.63) is 39.7 Å². The fraction of sp³-hybridized carbons (Fsp3) is 0.740. The summed E-state index contributed by atoms with van der Waals surface area (Å²) in [6.45, 7) is 27.3. The number of carbonyl (C=O) groups excluding carboxylic acids is 10. The molecule has 10 heterocycles. The molecule has 2 aromatic rings. The number of ether oxygens (including phenoxy) is 2. The van der Waals surface area contributed by atoms with E-state index in [9.17, 15) is 61.5 Å². The number of carboxylic acid groups (broad SMARTS) is 1. The van der Waals surface area contributed by atoms with E-state index < -0.39 is 26.8 Å². The first-order chi connectivity index (χ1) is 51.8. The minimum atomic E-state index is -1.67. The van der Waals surface area contributed by atoms with E-state index in [1.54, 1.807) is 13.7 Å². The van der Waals surface area contributed by atoms with Crippen molar-refractivity contribution < 1.29 is 120 Å². The summed E-state index contributed by atoms with van der Waals surface area (Å²) in [5.41, 5.74) is 15.1. The van der Waals surface area contributed by atoms with Gasteiger partial charge in [-0.05, 0) is 171 Å². The van der Waals surface area contributed by atoms with E-state index in [0.717, 1.165) is 78.0 Å². The van der Waals surface area contributed by atoms with Gasteiger partial charge in [0.1, 0.15) is 29.4 Å². The third-order valence-corrected chi connectivity index (χ3v) is 18.5. The number of halogens is 7. The van der Waals surface area contributed by atoms with Gasteiger partial charge < -0.3 is 77.3 Å². The Morgan fingerprint density at radius 3 is 1.45 bits per heavy atom. The van der Waals surface area contributed by atoms with Gasteiger partial charge in [-0.3, -0.25) is 55.4 Å². The van der Waals surface area contributed by atoms with Crippen LogP contribution in [0.4, 0.5) is 14.6 Å². The monoisotopic (exact) mass is 1730 g/mol. The molecule has 113 heavy (non-hydrogen) atoms. The van der Waals surface area contributed by atoms with Gasteiger partial charge in [-0.15, -0.1) is 0 Å². The summed E-state index contributed by atoms with van der Waals surface area (Å²) in [6, 6.07) is 1.33. The van der Waals surface area contributed by atoms with Crippen molar-refractivity contribution >= 4 is 144 Å². The van der Waals surface area contributed by atoms with Gasteiger partial charge in [-0.25, -0.2) is 34.8 Å². The number of rotatable bonds is 13. The zero-order valence-electron chi connectivity index (χ0n) is 69.1. The average Bonchev–Trinajstić information content (AvgIpc) is 1.66. The summed E-state index contributed by atoms with van der Waals surface area (Å²) >= 11 is 16.2. The van der Waals surface area contributed by atoms with Crippen molar-refractivity contribution in [1.29, 1.82) is 0 Å². The number of hydrogen-bond acceptors (Lipinski definition) is 26. The Kier molecular flexibility index (Phi) is 55.0. The Bertz CT molecular complexity index is 3380. The second kappa shape index (κ2) is 55.2. The summed E-state index contributed by atoms with van der Waals surface area (Å²) in [7, 11) is 13.5. The molecule has 8 saturated heterocycles. The minimum Gasteiger partial charge on any atom is -0.568 e. The molecule has 30 nitrogen and oxygen atoms in total. The van der Waals surface area contributed by atoms with Gasteiger partial charge >= 0.3 is 47.5 Å². The number of nitrogens with zero attached hydrogens (tertiary/aromatic N) is 7. The molecule has 640 valence electrons. The normalized spacial score (nSPS) is 22.5. The van der Waals surface area contributed by atoms with E-state index in [1.165, 1.54) is 21.6 Å². The Morgan fingerprint density at radius 1 is 0.673 bits per heavy atom. The number of nitrogens with two attached hydrogens (primary N) is 3. The number of aliphatic hydroxyl groups is 2. The van der Waals surface area contributed by atoms with E-state index in [0.29, 0.717) is 101 Å². The van der Waals surface area contributed by atoms with E-state index >= 15 is 0 Å². The number of amides is 3. The first kappa shape index (κ1) is 113. The van der Waals surface area contributed by atoms with Crippen LogP contribution in [0.15, 0.2) is 12.4 Å². The molecule has 0 spiro atoms. The van der Waals surface area contributed by atoms with Gasteiger partial charge in [0, 0.05) is 195 Å². The number of nitrogens with one attached hydrogen (secondary N) is 3. The number of ketones is 4. The number of anilines is 1. The van der Waals surface area contributed by atoms with Crippen LogP contribution in [0.5, 0.6) is 0 Å². The Balaban J connectivity index is -0.00000122. The smallest absolute Gasteiger partial charge is 0.568 e. The number of carbonyl (C=O) groups is 11. The Hall–Kier alpha value is -4.63. The summed E-state index contributed by atoms with van der Waals surface area (Å²) < 4.78 is 43.8. The van der Waals surface area contributed by atoms with E-state index in [1.807, 2.05) is 65.2 Å². The molecule has 2 aromatic heterocycles. The molecule has 0 aliphatic carbocycles. The van der Waals surface area contributed by atoms with Gasteiger partial charge in [-0.2, -0.15) is 4.98 Å². The molecule has 8 fully saturated rings. The molecule has 3 amide bonds. The van der Waals surface area contributed by atoms with Crippen molar-refractivity contribution in [3.63, 3.8) is 0 Å². The molecular formula is C73H122BCl5F2N13NaO17S. The average molecular weight is 1730 g/mol. The van der Waals surface area contributed by atoms with Crippen LogP contribution in [0.1, 0.15) is 238 Å². The van der Waals surface area contributed by atoms with Crippen LogP contribution in [0.3, 0.4) is 0 Å². The molecule has 7 unspecified atom stereocenters. The number of aldehydes is 1. The summed E-state index contributed by atoms with van der Waals surface area (Å²) in [5.74, 6) is -0.676. The van der Waals surface area contributed by atoms with Crippen LogP contribution in [-0.4, -0.2) is 231 Å². The maximum atomic E-state index is 13.7. The molecule has 2 radical (unpaired) electrons. The van der Waals surface area contributed by atoms with Crippen LogP contribution in [0, 0.1) is 11.6 Å². The second-order valence-corrected chi connectivity index (χ2v) is 34.9. The summed E-state index contributed by atoms with van der Waals surface area (Å²) in [6.07, 6.45) is 16.7. The number of methoxy groups -OCH3 is 2. The standard InChI is InChI=1S/C14H18ClFN4O.C11H19NO3.C10H18N2O.C10H17NO3.C10H15NO2.C6H13NO.C5H8O3.C4HCl2FN2.CH5BN.2CH4O.Cl2OS.Na/c1-14(2)6-8(5-9-3-4-11(21)20(9)14)18-12-10(16)7-17-13(15)19-12;1-11(2)7-9(13)6-8(12-11)4-5-10(14)15-3;1-10(2)6-7(11)5-8-3-4-9(13)12(8)10;1-10(2)6-8(12)5-7(11-10)3-4-9(13)14;1-10(2)6-8(12)5-7-3-4-9(13)11(7)10;1-5(8)4-6(2,3)7;1-8-5(7)3-2-4-6;5-3-2(7)1-8-4(6)9-3;1-2-3;2*1-2;1-4(2)3;/h7-9H,3-6H2,1-2H3,(H,17,18,19);8,12H,4-7H2,1-3H3;7-8H,3-6,11H2,1-2H3;7,11H,3-6H2,1-2H3,(H,13,14);7H,3-6H2,1-2H3;4,7H2,1-3H3;4H,2-3H2,1H3;1H;3H2,1H3;2*2H,1H3;;/q;;;;;;;;-1;;;;+1. The molecular weight excluding hydrogens is 1610 g/mol. The van der Waals surface area contributed by atoms with E-state index in [-0.39, 0.29) is 181 Å². The fourth-order valence-corrected chi connectivity index (χ4v) is 15.0. The first-order valence-electron chi connectivity index (χ1n) is 36.6. The zero-order chi connectivity index (χ0) is 87.0. The number of Topliss-reactive ketones (excluding diaryl/α,β-unsaturated/α-hetero) is 4. The number of aliphatic carboxylic acids is 1. The number of fused-ring (bicyclic) bond motifs is 3.